The number of para-hydroxylation sites is 1. The number of nitrogens with one attached hydrogen (secondary N) is 1. The van der Waals surface area contributed by atoms with E-state index in [4.69, 9.17) is 4.74 Å². The Bertz CT molecular complexity index is 947. The van der Waals surface area contributed by atoms with Crippen LogP contribution in [-0.2, 0) is 21.2 Å². The number of piperidine rings is 1. The molecule has 1 atom stereocenters. The van der Waals surface area contributed by atoms with Crippen LogP contribution in [0.15, 0.2) is 59.5 Å². The quantitative estimate of drug-likeness (QED) is 0.568. The number of sulfonamides is 1. The smallest absolute Gasteiger partial charge is 0.243 e. The molecule has 1 aliphatic heterocycles. The van der Waals surface area contributed by atoms with Crippen LogP contribution in [-0.4, -0.2) is 44.9 Å². The van der Waals surface area contributed by atoms with Crippen molar-refractivity contribution in [3.8, 4) is 5.75 Å². The lowest BCUT2D eigenvalue weighted by Gasteiger charge is -2.31. The van der Waals surface area contributed by atoms with Gasteiger partial charge in [-0.3, -0.25) is 4.79 Å². The first kappa shape index (κ1) is 23.3. The lowest BCUT2D eigenvalue weighted by Crippen LogP contribution is -2.45. The van der Waals surface area contributed by atoms with Crippen LogP contribution < -0.4 is 10.1 Å². The Morgan fingerprint density at radius 3 is 2.65 bits per heavy atom. The van der Waals surface area contributed by atoms with Crippen molar-refractivity contribution in [1.29, 1.82) is 0 Å². The fraction of sp³-hybridized carbons (Fsp3) is 0.458. The van der Waals surface area contributed by atoms with Crippen LogP contribution in [0, 0.1) is 5.92 Å². The second-order valence-electron chi connectivity index (χ2n) is 7.87. The molecule has 1 heterocycles. The van der Waals surface area contributed by atoms with Gasteiger partial charge in [-0.2, -0.15) is 4.31 Å². The summed E-state index contributed by atoms with van der Waals surface area (Å²) in [7, 11) is -3.56. The maximum atomic E-state index is 12.9. The molecule has 2 aromatic rings. The number of hydrogen-bond donors (Lipinski definition) is 1. The maximum Gasteiger partial charge on any atom is 0.243 e. The molecule has 0 aromatic heterocycles. The molecule has 31 heavy (non-hydrogen) atoms. The molecule has 0 unspecified atom stereocenters. The van der Waals surface area contributed by atoms with Crippen LogP contribution in [0.25, 0.3) is 0 Å². The van der Waals surface area contributed by atoms with E-state index in [9.17, 15) is 13.2 Å². The van der Waals surface area contributed by atoms with E-state index < -0.39 is 10.0 Å². The molecule has 1 fully saturated rings. The molecule has 0 aliphatic carbocycles. The van der Waals surface area contributed by atoms with Gasteiger partial charge >= 0.3 is 0 Å². The van der Waals surface area contributed by atoms with Crippen molar-refractivity contribution in [2.75, 3.05) is 26.2 Å². The summed E-state index contributed by atoms with van der Waals surface area (Å²) < 4.78 is 33.0. The van der Waals surface area contributed by atoms with Crippen molar-refractivity contribution in [2.24, 2.45) is 5.92 Å². The standard InChI is InChI=1S/C24H32N2O4S/c1-2-18-30-23-15-7-6-10-20(23)11-8-16-25-24(27)21-12-9-17-26(19-21)31(28,29)22-13-4-3-5-14-22/h3-7,10,13-15,21H,2,8-9,11-12,16-19H2,1H3,(H,25,27)/t21-/m1/s1. The first-order chi connectivity index (χ1) is 15.0. The van der Waals surface area contributed by atoms with Gasteiger partial charge in [0.15, 0.2) is 0 Å². The lowest BCUT2D eigenvalue weighted by atomic mass is 9.99. The molecule has 3 rings (SSSR count). The number of carbonyl (C=O) groups excluding carboxylic acids is 1. The molecule has 1 saturated heterocycles. The van der Waals surface area contributed by atoms with E-state index in [0.29, 0.717) is 32.5 Å². The van der Waals surface area contributed by atoms with Gasteiger partial charge in [0.05, 0.1) is 17.4 Å². The summed E-state index contributed by atoms with van der Waals surface area (Å²) in [6, 6.07) is 16.4. The first-order valence-corrected chi connectivity index (χ1v) is 12.5. The third-order valence-corrected chi connectivity index (χ3v) is 7.37. The number of amides is 1. The highest BCUT2D eigenvalue weighted by Gasteiger charge is 2.33. The van der Waals surface area contributed by atoms with Crippen molar-refractivity contribution in [3.05, 3.63) is 60.2 Å². The van der Waals surface area contributed by atoms with Gasteiger partial charge < -0.3 is 10.1 Å². The summed E-state index contributed by atoms with van der Waals surface area (Å²) in [5.74, 6) is 0.528. The maximum absolute atomic E-state index is 12.9. The predicted molar refractivity (Wildman–Crippen MR) is 121 cm³/mol. The number of rotatable bonds is 10. The summed E-state index contributed by atoms with van der Waals surface area (Å²) >= 11 is 0. The molecule has 2 aromatic carbocycles. The fourth-order valence-corrected chi connectivity index (χ4v) is 5.36. The highest BCUT2D eigenvalue weighted by Crippen LogP contribution is 2.24. The molecule has 1 amide bonds. The van der Waals surface area contributed by atoms with Crippen molar-refractivity contribution >= 4 is 15.9 Å². The Hall–Kier alpha value is -2.38. The molecule has 0 spiro atoms. The summed E-state index contributed by atoms with van der Waals surface area (Å²) in [4.78, 5) is 12.9. The summed E-state index contributed by atoms with van der Waals surface area (Å²) in [6.07, 6.45) is 3.98. The largest absolute Gasteiger partial charge is 0.493 e. The average Bonchev–Trinajstić information content (AvgIpc) is 2.81. The van der Waals surface area contributed by atoms with Gasteiger partial charge in [0.1, 0.15) is 5.75 Å². The molecule has 0 radical (unpaired) electrons. The molecule has 168 valence electrons. The summed E-state index contributed by atoms with van der Waals surface area (Å²) in [5.41, 5.74) is 1.14. The van der Waals surface area contributed by atoms with E-state index in [1.54, 1.807) is 30.3 Å². The number of benzene rings is 2. The number of hydrogen-bond acceptors (Lipinski definition) is 4. The number of nitrogens with zero attached hydrogens (tertiary/aromatic N) is 1. The molecule has 6 nitrogen and oxygen atoms in total. The van der Waals surface area contributed by atoms with Crippen LogP contribution in [0.1, 0.15) is 38.2 Å². The zero-order valence-corrected chi connectivity index (χ0v) is 18.9. The number of ether oxygens (including phenoxy) is 1. The van der Waals surface area contributed by atoms with Crippen molar-refractivity contribution in [3.63, 3.8) is 0 Å². The lowest BCUT2D eigenvalue weighted by molar-refractivity contribution is -0.126. The van der Waals surface area contributed by atoms with Gasteiger partial charge in [-0.1, -0.05) is 43.3 Å². The Balaban J connectivity index is 1.49. The van der Waals surface area contributed by atoms with Crippen molar-refractivity contribution < 1.29 is 17.9 Å². The van der Waals surface area contributed by atoms with Gasteiger partial charge in [0.25, 0.3) is 0 Å². The van der Waals surface area contributed by atoms with Crippen LogP contribution >= 0.6 is 0 Å². The van der Waals surface area contributed by atoms with Crippen LogP contribution in [0.4, 0.5) is 0 Å². The van der Waals surface area contributed by atoms with Crippen LogP contribution in [0.2, 0.25) is 0 Å². The van der Waals surface area contributed by atoms with Gasteiger partial charge in [0.2, 0.25) is 15.9 Å². The van der Waals surface area contributed by atoms with Crippen molar-refractivity contribution in [1.82, 2.24) is 9.62 Å². The third-order valence-electron chi connectivity index (χ3n) is 5.49. The van der Waals surface area contributed by atoms with E-state index in [-0.39, 0.29) is 23.3 Å². The zero-order valence-electron chi connectivity index (χ0n) is 18.1. The van der Waals surface area contributed by atoms with E-state index in [1.807, 2.05) is 18.2 Å². The number of aryl methyl sites for hydroxylation is 1. The van der Waals surface area contributed by atoms with Gasteiger partial charge in [0, 0.05) is 19.6 Å². The second kappa shape index (κ2) is 11.3. The highest BCUT2D eigenvalue weighted by molar-refractivity contribution is 7.89. The molecular formula is C24H32N2O4S. The summed E-state index contributed by atoms with van der Waals surface area (Å²) in [6.45, 7) is 4.02. The average molecular weight is 445 g/mol. The fourth-order valence-electron chi connectivity index (χ4n) is 3.81. The Morgan fingerprint density at radius 2 is 1.87 bits per heavy atom. The van der Waals surface area contributed by atoms with E-state index in [0.717, 1.165) is 30.6 Å². The SMILES string of the molecule is CCCOc1ccccc1CCCNC(=O)[C@@H]1CCCN(S(=O)(=O)c2ccccc2)C1. The third kappa shape index (κ3) is 6.31. The molecule has 7 heteroatoms. The monoisotopic (exact) mass is 444 g/mol. The molecule has 0 saturated carbocycles. The van der Waals surface area contributed by atoms with Crippen molar-refractivity contribution in [2.45, 2.75) is 43.9 Å². The van der Waals surface area contributed by atoms with Gasteiger partial charge in [-0.15, -0.1) is 0 Å². The Kier molecular flexibility index (Phi) is 8.49. The molecular weight excluding hydrogens is 412 g/mol. The van der Waals surface area contributed by atoms with Crippen LogP contribution in [0.3, 0.4) is 0 Å². The first-order valence-electron chi connectivity index (χ1n) is 11.1. The predicted octanol–water partition coefficient (Wildman–Crippen LogP) is 3.63. The van der Waals surface area contributed by atoms with Crippen LogP contribution in [0.5, 0.6) is 5.75 Å². The highest BCUT2D eigenvalue weighted by atomic mass is 32.2. The Labute approximate surface area is 185 Å². The normalized spacial score (nSPS) is 17.3. The van der Waals surface area contributed by atoms with E-state index >= 15 is 0 Å². The van der Waals surface area contributed by atoms with E-state index in [1.165, 1.54) is 4.31 Å². The zero-order chi connectivity index (χ0) is 22.1. The Morgan fingerprint density at radius 1 is 1.13 bits per heavy atom. The topological polar surface area (TPSA) is 75.7 Å². The van der Waals surface area contributed by atoms with E-state index in [2.05, 4.69) is 18.3 Å². The molecule has 1 N–H and O–H groups in total. The minimum absolute atomic E-state index is 0.0662. The molecule has 0 bridgehead atoms. The second-order valence-corrected chi connectivity index (χ2v) is 9.80. The minimum atomic E-state index is -3.56. The summed E-state index contributed by atoms with van der Waals surface area (Å²) in [5, 5.41) is 3.00. The number of carbonyl (C=O) groups is 1. The van der Waals surface area contributed by atoms with Gasteiger partial charge in [-0.25, -0.2) is 8.42 Å². The minimum Gasteiger partial charge on any atom is -0.493 e. The van der Waals surface area contributed by atoms with Gasteiger partial charge in [-0.05, 0) is 55.9 Å². The molecule has 1 aliphatic rings.